The molecule has 0 atom stereocenters. The van der Waals surface area contributed by atoms with Crippen LogP contribution in [0.1, 0.15) is 81.7 Å². The van der Waals surface area contributed by atoms with Gasteiger partial charge in [-0.1, -0.05) is 58.3 Å². The van der Waals surface area contributed by atoms with Gasteiger partial charge in [-0.25, -0.2) is 4.98 Å². The van der Waals surface area contributed by atoms with Gasteiger partial charge in [-0.3, -0.25) is 4.79 Å². The molecule has 0 saturated carbocycles. The number of nitrogens with zero attached hydrogens (tertiary/aromatic N) is 1. The van der Waals surface area contributed by atoms with Crippen LogP contribution in [0.15, 0.2) is 5.51 Å². The fourth-order valence-corrected chi connectivity index (χ4v) is 3.24. The predicted octanol–water partition coefficient (Wildman–Crippen LogP) is 5.46. The Morgan fingerprint density at radius 3 is 2.32 bits per heavy atom. The van der Waals surface area contributed by atoms with Gasteiger partial charge >= 0.3 is 5.97 Å². The maximum atomic E-state index is 11.6. The molecule has 0 radical (unpaired) electrons. The number of carbonyl (C=O) groups is 1. The lowest BCUT2D eigenvalue weighted by Crippen LogP contribution is -2.07. The first kappa shape index (κ1) is 19.1. The van der Waals surface area contributed by atoms with Gasteiger partial charge in [0.05, 0.1) is 17.8 Å². The number of unbranched alkanes of at least 4 members (excludes halogenated alkanes) is 8. The Balaban J connectivity index is 1.88. The smallest absolute Gasteiger partial charge is 0.305 e. The summed E-state index contributed by atoms with van der Waals surface area (Å²) in [6.07, 6.45) is 12.8. The zero-order valence-electron chi connectivity index (χ0n) is 14.2. The van der Waals surface area contributed by atoms with E-state index in [2.05, 4.69) is 11.9 Å². The third-order valence-electron chi connectivity index (χ3n) is 3.92. The van der Waals surface area contributed by atoms with Gasteiger partial charge in [0.25, 0.3) is 0 Å². The lowest BCUT2D eigenvalue weighted by atomic mass is 10.1. The molecule has 22 heavy (non-hydrogen) atoms. The van der Waals surface area contributed by atoms with Crippen molar-refractivity contribution in [1.29, 1.82) is 0 Å². The van der Waals surface area contributed by atoms with Crippen molar-refractivity contribution in [2.45, 2.75) is 84.5 Å². The molecular weight excluding hydrogens is 294 g/mol. The van der Waals surface area contributed by atoms with E-state index in [0.717, 1.165) is 25.0 Å². The molecule has 0 aromatic carbocycles. The van der Waals surface area contributed by atoms with Crippen LogP contribution in [0.2, 0.25) is 0 Å². The van der Waals surface area contributed by atoms with Crippen LogP contribution in [0.25, 0.3) is 0 Å². The number of ether oxygens (including phenoxy) is 1. The van der Waals surface area contributed by atoms with E-state index in [9.17, 15) is 4.79 Å². The molecule has 0 N–H and O–H groups in total. The second-order valence-corrected chi connectivity index (χ2v) is 6.85. The van der Waals surface area contributed by atoms with E-state index < -0.39 is 0 Å². The van der Waals surface area contributed by atoms with Crippen LogP contribution in [0.3, 0.4) is 0 Å². The van der Waals surface area contributed by atoms with Gasteiger partial charge in [0.15, 0.2) is 0 Å². The number of hydrogen-bond acceptors (Lipinski definition) is 4. The summed E-state index contributed by atoms with van der Waals surface area (Å²) in [4.78, 5) is 17.0. The standard InChI is InChI=1S/C18H31NO2S/c1-3-4-5-6-7-8-9-10-11-12-18(20)21-14-13-17-16(2)19-15-22-17/h15H,3-14H2,1-2H3. The lowest BCUT2D eigenvalue weighted by molar-refractivity contribution is -0.143. The summed E-state index contributed by atoms with van der Waals surface area (Å²) in [5, 5.41) is 0. The highest BCUT2D eigenvalue weighted by molar-refractivity contribution is 7.09. The fourth-order valence-electron chi connectivity index (χ4n) is 2.48. The van der Waals surface area contributed by atoms with Gasteiger partial charge < -0.3 is 4.74 Å². The second kappa shape index (κ2) is 12.6. The average Bonchev–Trinajstić information content (AvgIpc) is 2.91. The van der Waals surface area contributed by atoms with E-state index in [1.165, 1.54) is 49.8 Å². The molecule has 4 heteroatoms. The van der Waals surface area contributed by atoms with Crippen LogP contribution in [0.5, 0.6) is 0 Å². The first-order valence-electron chi connectivity index (χ1n) is 8.78. The third kappa shape index (κ3) is 9.19. The zero-order chi connectivity index (χ0) is 16.0. The molecule has 0 aliphatic carbocycles. The molecule has 0 saturated heterocycles. The Hall–Kier alpha value is -0.900. The minimum atomic E-state index is -0.0508. The number of hydrogen-bond donors (Lipinski definition) is 0. The molecule has 3 nitrogen and oxygen atoms in total. The van der Waals surface area contributed by atoms with Crippen molar-refractivity contribution in [2.24, 2.45) is 0 Å². The first-order valence-corrected chi connectivity index (χ1v) is 9.66. The molecule has 0 aliphatic rings. The number of esters is 1. The minimum absolute atomic E-state index is 0.0508. The van der Waals surface area contributed by atoms with E-state index >= 15 is 0 Å². The Morgan fingerprint density at radius 2 is 1.73 bits per heavy atom. The molecule has 1 aromatic heterocycles. The van der Waals surface area contributed by atoms with Gasteiger partial charge in [0.1, 0.15) is 0 Å². The quantitative estimate of drug-likeness (QED) is 0.357. The molecule has 0 aliphatic heterocycles. The number of rotatable bonds is 13. The molecule has 0 unspecified atom stereocenters. The highest BCUT2D eigenvalue weighted by Gasteiger charge is 2.05. The SMILES string of the molecule is CCCCCCCCCCCC(=O)OCCc1scnc1C. The summed E-state index contributed by atoms with van der Waals surface area (Å²) in [7, 11) is 0. The number of aryl methyl sites for hydroxylation is 1. The summed E-state index contributed by atoms with van der Waals surface area (Å²) in [6.45, 7) is 4.73. The van der Waals surface area contributed by atoms with Crippen molar-refractivity contribution in [3.05, 3.63) is 16.1 Å². The van der Waals surface area contributed by atoms with Crippen LogP contribution in [-0.4, -0.2) is 17.6 Å². The van der Waals surface area contributed by atoms with Crippen molar-refractivity contribution in [3.63, 3.8) is 0 Å². The monoisotopic (exact) mass is 325 g/mol. The van der Waals surface area contributed by atoms with E-state index in [1.54, 1.807) is 11.3 Å². The molecule has 126 valence electrons. The van der Waals surface area contributed by atoms with Crippen LogP contribution >= 0.6 is 11.3 Å². The van der Waals surface area contributed by atoms with Crippen molar-refractivity contribution in [1.82, 2.24) is 4.98 Å². The maximum absolute atomic E-state index is 11.6. The Bertz CT molecular complexity index is 404. The van der Waals surface area contributed by atoms with Crippen LogP contribution in [-0.2, 0) is 16.0 Å². The summed E-state index contributed by atoms with van der Waals surface area (Å²) in [6, 6.07) is 0. The van der Waals surface area contributed by atoms with Gasteiger partial charge in [-0.15, -0.1) is 11.3 Å². The Morgan fingerprint density at radius 1 is 1.09 bits per heavy atom. The Kier molecular flexibility index (Phi) is 11.0. The third-order valence-corrected chi connectivity index (χ3v) is 4.92. The average molecular weight is 326 g/mol. The molecule has 0 spiro atoms. The normalized spacial score (nSPS) is 10.8. The molecule has 0 bridgehead atoms. The fraction of sp³-hybridized carbons (Fsp3) is 0.778. The summed E-state index contributed by atoms with van der Waals surface area (Å²) in [5.41, 5.74) is 2.90. The summed E-state index contributed by atoms with van der Waals surface area (Å²) < 4.78 is 5.28. The van der Waals surface area contributed by atoms with Gasteiger partial charge in [-0.2, -0.15) is 0 Å². The highest BCUT2D eigenvalue weighted by Crippen LogP contribution is 2.13. The molecule has 1 heterocycles. The molecule has 1 aromatic rings. The molecule has 1 rings (SSSR count). The van der Waals surface area contributed by atoms with Crippen molar-refractivity contribution in [3.8, 4) is 0 Å². The van der Waals surface area contributed by atoms with E-state index in [-0.39, 0.29) is 5.97 Å². The zero-order valence-corrected chi connectivity index (χ0v) is 15.1. The van der Waals surface area contributed by atoms with Crippen LogP contribution < -0.4 is 0 Å². The van der Waals surface area contributed by atoms with Crippen molar-refractivity contribution >= 4 is 17.3 Å². The van der Waals surface area contributed by atoms with Gasteiger partial charge in [-0.05, 0) is 13.3 Å². The largest absolute Gasteiger partial charge is 0.465 e. The number of aromatic nitrogens is 1. The second-order valence-electron chi connectivity index (χ2n) is 5.91. The van der Waals surface area contributed by atoms with Crippen molar-refractivity contribution < 1.29 is 9.53 Å². The number of thiazole rings is 1. The van der Waals surface area contributed by atoms with E-state index in [0.29, 0.717) is 13.0 Å². The van der Waals surface area contributed by atoms with E-state index in [4.69, 9.17) is 4.74 Å². The Labute approximate surface area is 139 Å². The number of carbonyl (C=O) groups excluding carboxylic acids is 1. The van der Waals surface area contributed by atoms with Crippen LogP contribution in [0, 0.1) is 6.92 Å². The lowest BCUT2D eigenvalue weighted by Gasteiger charge is -2.04. The topological polar surface area (TPSA) is 39.2 Å². The summed E-state index contributed by atoms with van der Waals surface area (Å²) >= 11 is 1.63. The summed E-state index contributed by atoms with van der Waals surface area (Å²) in [5.74, 6) is -0.0508. The molecular formula is C18H31NO2S. The van der Waals surface area contributed by atoms with Gasteiger partial charge in [0, 0.05) is 17.7 Å². The van der Waals surface area contributed by atoms with E-state index in [1.807, 2.05) is 12.4 Å². The van der Waals surface area contributed by atoms with Gasteiger partial charge in [0.2, 0.25) is 0 Å². The van der Waals surface area contributed by atoms with Crippen LogP contribution in [0.4, 0.5) is 0 Å². The first-order chi connectivity index (χ1) is 10.7. The predicted molar refractivity (Wildman–Crippen MR) is 93.4 cm³/mol. The van der Waals surface area contributed by atoms with Crippen molar-refractivity contribution in [2.75, 3.05) is 6.61 Å². The molecule has 0 amide bonds. The highest BCUT2D eigenvalue weighted by atomic mass is 32.1. The minimum Gasteiger partial charge on any atom is -0.465 e. The molecule has 0 fully saturated rings. The maximum Gasteiger partial charge on any atom is 0.305 e.